The van der Waals surface area contributed by atoms with Crippen LogP contribution in [-0.4, -0.2) is 0 Å². The van der Waals surface area contributed by atoms with Gasteiger partial charge in [0, 0.05) is 109 Å². The van der Waals surface area contributed by atoms with E-state index < -0.39 is 0 Å². The van der Waals surface area contributed by atoms with Crippen LogP contribution in [0.15, 0.2) is 328 Å². The number of para-hydroxylation sites is 2. The number of hydrogen-bond donors (Lipinski definition) is 0. The SMILES string of the molecule is CC(C)c1ccc(N(c2ccccc2)c2ccc3c(ccc4sc5ccc6cc(N(c7ccc(-c8cccc(N(c9ccc(C%10CCCCC%10)cc9)c9ccc%10c(ccc%11sc%12ccc%13cc(N(c%14ccccc%14)c%14ccc(C%15CCCCC%15)cc%14)ccc%13c%12c%11%10)c9)c8)cc7)c7ccc(C(C)C)cc7)ccc6c5c43)c2)cc1. The molecule has 0 saturated heterocycles. The highest BCUT2D eigenvalue weighted by atomic mass is 32.1. The molecule has 546 valence electrons. The van der Waals surface area contributed by atoms with Gasteiger partial charge >= 0.3 is 0 Å². The summed E-state index contributed by atoms with van der Waals surface area (Å²) in [5.74, 6) is 2.16. The Kier molecular flexibility index (Phi) is 18.3. The zero-order valence-electron chi connectivity index (χ0n) is 64.2. The molecular formula is C106H90N4S2. The molecule has 0 unspecified atom stereocenters. The zero-order chi connectivity index (χ0) is 74.9. The first-order chi connectivity index (χ1) is 55.1. The number of thiophene rings is 2. The first-order valence-corrected chi connectivity index (χ1v) is 42.3. The Bertz CT molecular complexity index is 6510. The monoisotopic (exact) mass is 1480 g/mol. The zero-order valence-corrected chi connectivity index (χ0v) is 65.8. The molecule has 0 N–H and O–H groups in total. The van der Waals surface area contributed by atoms with Gasteiger partial charge in [-0.3, -0.25) is 0 Å². The number of anilines is 12. The maximum Gasteiger partial charge on any atom is 0.0468 e. The van der Waals surface area contributed by atoms with Gasteiger partial charge in [0.25, 0.3) is 0 Å². The average Bonchev–Trinajstić information content (AvgIpc) is 1.59. The molecule has 2 aliphatic carbocycles. The van der Waals surface area contributed by atoms with Crippen LogP contribution in [0.3, 0.4) is 0 Å². The molecule has 112 heavy (non-hydrogen) atoms. The molecule has 4 nitrogen and oxygen atoms in total. The standard InChI is InChI=1S/C106H90N4S2/c1-69(2)71-28-42-85(43-29-71)107(83-23-13-7-14-24-83)91-52-56-95-79(65-91)38-60-99-103(95)105-97-58-54-93(67-81(97)40-62-101(105)111-99)109(86-44-30-72(31-45-86)70(3)4)88-50-36-77(37-51-88)78-22-17-27-90(64-78)110(89-48-34-76(35-49-89)74-20-11-6-12-21-74)94-55-59-98-82(68-94)41-63-102-106(98)104-96-57-53-92(66-80(96)39-61-100(104)112-102)108(84-25-15-8-16-26-84)87-46-32-75(33-47-87)73-18-9-5-10-19-73/h7-8,13-17,22-70,73-74H,5-6,9-12,18-21H2,1-4H3. The van der Waals surface area contributed by atoms with E-state index in [-0.39, 0.29) is 0 Å². The fourth-order valence-electron chi connectivity index (χ4n) is 18.6. The molecule has 18 aromatic rings. The van der Waals surface area contributed by atoms with E-state index in [2.05, 4.69) is 375 Å². The van der Waals surface area contributed by atoms with Crippen molar-refractivity contribution in [3.8, 4) is 11.1 Å². The molecule has 2 heterocycles. The van der Waals surface area contributed by atoms with Crippen LogP contribution in [0, 0.1) is 0 Å². The van der Waals surface area contributed by atoms with Crippen LogP contribution in [0.5, 0.6) is 0 Å². The van der Waals surface area contributed by atoms with Gasteiger partial charge in [-0.05, 0) is 296 Å². The molecule has 0 bridgehead atoms. The topological polar surface area (TPSA) is 13.0 Å². The number of rotatable bonds is 17. The van der Waals surface area contributed by atoms with E-state index in [9.17, 15) is 0 Å². The van der Waals surface area contributed by atoms with Gasteiger partial charge < -0.3 is 19.6 Å². The van der Waals surface area contributed by atoms with Crippen molar-refractivity contribution in [3.05, 3.63) is 350 Å². The fourth-order valence-corrected chi connectivity index (χ4v) is 20.9. The number of fused-ring (bicyclic) bond motifs is 14. The maximum atomic E-state index is 2.48. The van der Waals surface area contributed by atoms with Gasteiger partial charge in [-0.25, -0.2) is 0 Å². The summed E-state index contributed by atoms with van der Waals surface area (Å²) < 4.78 is 5.22. The van der Waals surface area contributed by atoms with Crippen molar-refractivity contribution in [1.29, 1.82) is 0 Å². The first kappa shape index (κ1) is 69.4. The number of hydrogen-bond acceptors (Lipinski definition) is 6. The van der Waals surface area contributed by atoms with E-state index in [0.717, 1.165) is 73.7 Å². The predicted octanol–water partition coefficient (Wildman–Crippen LogP) is 32.9. The second-order valence-electron chi connectivity index (χ2n) is 32.0. The van der Waals surface area contributed by atoms with Crippen molar-refractivity contribution in [2.24, 2.45) is 0 Å². The molecule has 0 amide bonds. The Balaban J connectivity index is 0.644. The minimum Gasteiger partial charge on any atom is -0.310 e. The quantitative estimate of drug-likeness (QED) is 0.0901. The number of nitrogens with zero attached hydrogens (tertiary/aromatic N) is 4. The van der Waals surface area contributed by atoms with E-state index in [1.165, 1.54) is 176 Å². The van der Waals surface area contributed by atoms with Gasteiger partial charge in [0.1, 0.15) is 0 Å². The molecular weight excluding hydrogens is 1390 g/mol. The van der Waals surface area contributed by atoms with Crippen LogP contribution in [-0.2, 0) is 0 Å². The van der Waals surface area contributed by atoms with Crippen molar-refractivity contribution in [3.63, 3.8) is 0 Å². The summed E-state index contributed by atoms with van der Waals surface area (Å²) in [7, 11) is 0. The Hall–Kier alpha value is -11.8. The molecule has 0 aliphatic heterocycles. The lowest BCUT2D eigenvalue weighted by Crippen LogP contribution is -2.11. The lowest BCUT2D eigenvalue weighted by Gasteiger charge is -2.28. The van der Waals surface area contributed by atoms with Crippen LogP contribution in [0.2, 0.25) is 0 Å². The third-order valence-electron chi connectivity index (χ3n) is 24.5. The summed E-state index contributed by atoms with van der Waals surface area (Å²) in [5, 5.41) is 15.3. The minimum atomic E-state index is 0.416. The van der Waals surface area contributed by atoms with Crippen molar-refractivity contribution in [1.82, 2.24) is 0 Å². The second-order valence-corrected chi connectivity index (χ2v) is 34.2. The smallest absolute Gasteiger partial charge is 0.0468 e. The summed E-state index contributed by atoms with van der Waals surface area (Å²) in [6.45, 7) is 9.07. The van der Waals surface area contributed by atoms with E-state index >= 15 is 0 Å². The van der Waals surface area contributed by atoms with Gasteiger partial charge in [0.2, 0.25) is 0 Å². The summed E-state index contributed by atoms with van der Waals surface area (Å²) in [4.78, 5) is 9.73. The highest BCUT2D eigenvalue weighted by molar-refractivity contribution is 7.26. The molecule has 2 saturated carbocycles. The van der Waals surface area contributed by atoms with Crippen LogP contribution in [0.25, 0.3) is 94.6 Å². The summed E-state index contributed by atoms with van der Waals surface area (Å²) >= 11 is 3.79. The van der Waals surface area contributed by atoms with E-state index in [1.54, 1.807) is 0 Å². The molecule has 0 radical (unpaired) electrons. The van der Waals surface area contributed by atoms with Gasteiger partial charge in [-0.1, -0.05) is 224 Å². The Morgan fingerprint density at radius 3 is 0.839 bits per heavy atom. The summed E-state index contributed by atoms with van der Waals surface area (Å²) in [6.07, 6.45) is 13.1. The molecule has 20 rings (SSSR count). The largest absolute Gasteiger partial charge is 0.310 e. The van der Waals surface area contributed by atoms with Crippen molar-refractivity contribution in [2.75, 3.05) is 19.6 Å². The molecule has 2 fully saturated rings. The molecule has 0 atom stereocenters. The highest BCUT2D eigenvalue weighted by Crippen LogP contribution is 2.50. The van der Waals surface area contributed by atoms with E-state index in [1.807, 2.05) is 22.7 Å². The Morgan fingerprint density at radius 2 is 0.509 bits per heavy atom. The van der Waals surface area contributed by atoms with Gasteiger partial charge in [-0.15, -0.1) is 22.7 Å². The van der Waals surface area contributed by atoms with Gasteiger partial charge in [0.05, 0.1) is 0 Å². The van der Waals surface area contributed by atoms with Crippen molar-refractivity contribution < 1.29 is 0 Å². The highest BCUT2D eigenvalue weighted by Gasteiger charge is 2.25. The van der Waals surface area contributed by atoms with Crippen LogP contribution in [0.4, 0.5) is 68.2 Å². The Morgan fingerprint density at radius 1 is 0.232 bits per heavy atom. The van der Waals surface area contributed by atoms with E-state index in [4.69, 9.17) is 0 Å². The fraction of sp³-hybridized carbons (Fsp3) is 0.170. The summed E-state index contributed by atoms with van der Waals surface area (Å²) in [5.41, 5.74) is 21.6. The third kappa shape index (κ3) is 12.9. The first-order valence-electron chi connectivity index (χ1n) is 40.7. The summed E-state index contributed by atoms with van der Waals surface area (Å²) in [6, 6.07) is 125. The van der Waals surface area contributed by atoms with Gasteiger partial charge in [-0.2, -0.15) is 0 Å². The minimum absolute atomic E-state index is 0.416. The maximum absolute atomic E-state index is 2.48. The average molecular weight is 1480 g/mol. The van der Waals surface area contributed by atoms with Crippen LogP contribution in [0.1, 0.15) is 138 Å². The lowest BCUT2D eigenvalue weighted by atomic mass is 9.84. The lowest BCUT2D eigenvalue weighted by molar-refractivity contribution is 0.443. The van der Waals surface area contributed by atoms with Gasteiger partial charge in [0.15, 0.2) is 0 Å². The Labute approximate surface area is 665 Å². The van der Waals surface area contributed by atoms with Crippen molar-refractivity contribution >= 4 is 174 Å². The van der Waals surface area contributed by atoms with E-state index in [0.29, 0.717) is 23.7 Å². The third-order valence-corrected chi connectivity index (χ3v) is 26.8. The molecule has 2 aromatic heterocycles. The second kappa shape index (κ2) is 29.5. The molecule has 2 aliphatic rings. The molecule has 0 spiro atoms. The van der Waals surface area contributed by atoms with Crippen molar-refractivity contribution in [2.45, 2.75) is 116 Å². The number of benzene rings is 16. The normalized spacial score (nSPS) is 13.8. The predicted molar refractivity (Wildman–Crippen MR) is 486 cm³/mol. The van der Waals surface area contributed by atoms with Crippen LogP contribution < -0.4 is 19.6 Å². The molecule has 6 heteroatoms. The van der Waals surface area contributed by atoms with Crippen LogP contribution >= 0.6 is 22.7 Å². The molecule has 16 aromatic carbocycles.